The SMILES string of the molecule is C=CC1=C(C)C(=O)N=C1C=c1[nH]c(=Cc2[nH]c(/C=C3\NC(=O)C(C)=C3C=C)c(C)c2C[C@H](C)C(=O)O)c(C[C@@H](C)C(=O)O)c1C. The Balaban J connectivity index is 1.97. The smallest absolute Gasteiger partial charge is 0.306 e. The number of allylic oxidation sites excluding steroid dienone is 3. The van der Waals surface area contributed by atoms with Gasteiger partial charge in [0.15, 0.2) is 0 Å². The molecule has 10 nitrogen and oxygen atoms in total. The number of aromatic nitrogens is 2. The molecular formula is C35H38N4O6. The summed E-state index contributed by atoms with van der Waals surface area (Å²) < 4.78 is 0. The zero-order valence-electron chi connectivity index (χ0n) is 26.3. The van der Waals surface area contributed by atoms with Gasteiger partial charge in [0.2, 0.25) is 0 Å². The van der Waals surface area contributed by atoms with Crippen LogP contribution in [0.15, 0.2) is 58.3 Å². The number of carbonyl (C=O) groups excluding carboxylic acids is 2. The maximum atomic E-state index is 12.3. The molecule has 45 heavy (non-hydrogen) atoms. The summed E-state index contributed by atoms with van der Waals surface area (Å²) in [6.07, 6.45) is 9.07. The summed E-state index contributed by atoms with van der Waals surface area (Å²) in [4.78, 5) is 59.3. The minimum absolute atomic E-state index is 0.215. The maximum absolute atomic E-state index is 12.3. The molecule has 2 aliphatic heterocycles. The van der Waals surface area contributed by atoms with Gasteiger partial charge >= 0.3 is 11.9 Å². The molecule has 0 unspecified atom stereocenters. The third-order valence-electron chi connectivity index (χ3n) is 8.54. The molecule has 0 saturated carbocycles. The molecule has 0 aromatic carbocycles. The second-order valence-corrected chi connectivity index (χ2v) is 11.6. The van der Waals surface area contributed by atoms with Crippen LogP contribution in [-0.4, -0.2) is 49.6 Å². The summed E-state index contributed by atoms with van der Waals surface area (Å²) in [6.45, 7) is 18.1. The Hall–Kier alpha value is -5.25. The van der Waals surface area contributed by atoms with Gasteiger partial charge in [-0.2, -0.15) is 0 Å². The number of H-pyrrole nitrogens is 2. The number of aromatic amines is 2. The number of carboxylic acid groups (broad SMARTS) is 2. The Labute approximate surface area is 261 Å². The number of nitrogens with zero attached hydrogens (tertiary/aromatic N) is 1. The van der Waals surface area contributed by atoms with Crippen molar-refractivity contribution in [3.63, 3.8) is 0 Å². The number of nitrogens with one attached hydrogen (secondary N) is 3. The van der Waals surface area contributed by atoms with Crippen LogP contribution in [0.1, 0.15) is 61.3 Å². The molecule has 4 heterocycles. The molecule has 2 aromatic rings. The molecule has 2 aromatic heterocycles. The van der Waals surface area contributed by atoms with Gasteiger partial charge in [0.05, 0.1) is 23.2 Å². The third kappa shape index (κ3) is 6.35. The number of amides is 2. The summed E-state index contributed by atoms with van der Waals surface area (Å²) in [5.41, 5.74) is 7.88. The van der Waals surface area contributed by atoms with Crippen LogP contribution in [0.2, 0.25) is 0 Å². The second-order valence-electron chi connectivity index (χ2n) is 11.6. The fourth-order valence-corrected chi connectivity index (χ4v) is 5.54. The first-order chi connectivity index (χ1) is 21.2. The van der Waals surface area contributed by atoms with E-state index >= 15 is 0 Å². The predicted molar refractivity (Wildman–Crippen MR) is 174 cm³/mol. The number of carboxylic acids is 2. The Morgan fingerprint density at radius 2 is 1.38 bits per heavy atom. The monoisotopic (exact) mass is 610 g/mol. The quantitative estimate of drug-likeness (QED) is 0.261. The van der Waals surface area contributed by atoms with E-state index in [1.807, 2.05) is 19.9 Å². The van der Waals surface area contributed by atoms with Crippen molar-refractivity contribution < 1.29 is 29.4 Å². The first-order valence-corrected chi connectivity index (χ1v) is 14.6. The molecular weight excluding hydrogens is 572 g/mol. The maximum Gasteiger partial charge on any atom is 0.306 e. The largest absolute Gasteiger partial charge is 0.481 e. The highest BCUT2D eigenvalue weighted by molar-refractivity contribution is 6.32. The predicted octanol–water partition coefficient (Wildman–Crippen LogP) is 3.55. The highest BCUT2D eigenvalue weighted by Gasteiger charge is 2.25. The molecule has 0 bridgehead atoms. The van der Waals surface area contributed by atoms with E-state index in [4.69, 9.17) is 0 Å². The van der Waals surface area contributed by atoms with Gasteiger partial charge in [-0.05, 0) is 81.0 Å². The topological polar surface area (TPSA) is 165 Å². The number of hydrogen-bond acceptors (Lipinski definition) is 4. The van der Waals surface area contributed by atoms with E-state index in [1.54, 1.807) is 52.0 Å². The van der Waals surface area contributed by atoms with E-state index in [2.05, 4.69) is 33.4 Å². The first kappa shape index (κ1) is 32.7. The van der Waals surface area contributed by atoms with E-state index in [0.717, 1.165) is 22.3 Å². The van der Waals surface area contributed by atoms with Gasteiger partial charge in [-0.25, -0.2) is 4.99 Å². The van der Waals surface area contributed by atoms with Crippen LogP contribution in [0, 0.1) is 25.7 Å². The molecule has 2 aliphatic rings. The lowest BCUT2D eigenvalue weighted by Crippen LogP contribution is -2.19. The van der Waals surface area contributed by atoms with Crippen molar-refractivity contribution in [3.8, 4) is 0 Å². The summed E-state index contributed by atoms with van der Waals surface area (Å²) in [7, 11) is 0. The minimum Gasteiger partial charge on any atom is -0.481 e. The van der Waals surface area contributed by atoms with E-state index in [1.165, 1.54) is 0 Å². The van der Waals surface area contributed by atoms with Gasteiger partial charge in [-0.1, -0.05) is 39.2 Å². The highest BCUT2D eigenvalue weighted by Crippen LogP contribution is 2.28. The number of rotatable bonds is 11. The van der Waals surface area contributed by atoms with Crippen molar-refractivity contribution in [2.45, 2.75) is 54.4 Å². The first-order valence-electron chi connectivity index (χ1n) is 14.6. The average Bonchev–Trinajstić information content (AvgIpc) is 3.62. The van der Waals surface area contributed by atoms with E-state index in [-0.39, 0.29) is 24.7 Å². The van der Waals surface area contributed by atoms with Crippen LogP contribution < -0.4 is 16.0 Å². The molecule has 234 valence electrons. The Kier molecular flexibility index (Phi) is 9.27. The fourth-order valence-electron chi connectivity index (χ4n) is 5.54. The Morgan fingerprint density at radius 1 is 0.778 bits per heavy atom. The van der Waals surface area contributed by atoms with Gasteiger partial charge in [0, 0.05) is 44.4 Å². The van der Waals surface area contributed by atoms with Crippen LogP contribution in [0.4, 0.5) is 0 Å². The van der Waals surface area contributed by atoms with Crippen molar-refractivity contribution in [3.05, 3.63) is 97.6 Å². The number of aliphatic imine (C=N–C) groups is 1. The number of hydrogen-bond donors (Lipinski definition) is 5. The van der Waals surface area contributed by atoms with Crippen LogP contribution in [0.25, 0.3) is 18.2 Å². The fraction of sp³-hybridized carbons (Fsp3) is 0.286. The molecule has 0 spiro atoms. The molecule has 2 amide bonds. The molecule has 2 atom stereocenters. The van der Waals surface area contributed by atoms with Gasteiger partial charge < -0.3 is 25.5 Å². The highest BCUT2D eigenvalue weighted by atomic mass is 16.4. The van der Waals surface area contributed by atoms with Crippen LogP contribution >= 0.6 is 0 Å². The summed E-state index contributed by atoms with van der Waals surface area (Å²) in [5, 5.41) is 23.6. The minimum atomic E-state index is -0.939. The lowest BCUT2D eigenvalue weighted by Gasteiger charge is -2.08. The van der Waals surface area contributed by atoms with Crippen molar-refractivity contribution in [1.29, 1.82) is 0 Å². The Bertz CT molecular complexity index is 1920. The van der Waals surface area contributed by atoms with Gasteiger partial charge in [-0.3, -0.25) is 19.2 Å². The van der Waals surface area contributed by atoms with Crippen molar-refractivity contribution in [2.24, 2.45) is 16.8 Å². The molecule has 10 heteroatoms. The normalized spacial score (nSPS) is 18.2. The molecule has 0 fully saturated rings. The molecule has 0 saturated heterocycles. The summed E-state index contributed by atoms with van der Waals surface area (Å²) in [6, 6.07) is 0. The molecule has 0 radical (unpaired) electrons. The standard InChI is InChI=1S/C35H38N4O6/c1-9-22-20(7)32(40)38-28(22)13-26-18(5)24(11-16(3)34(42)43)30(36-26)15-31-25(12-17(4)35(44)45)19(6)27(37-31)14-29-23(10-2)21(8)33(41)39-29/h9-10,13-17,36-37H,1-2,11-12H2,3-8H3,(H,38,40)(H,42,43)(H,44,45)/b27-14?,28-13-,31-15?/t16-,17+/m0/s1. The van der Waals surface area contributed by atoms with E-state index in [9.17, 15) is 29.4 Å². The number of carbonyl (C=O) groups is 4. The van der Waals surface area contributed by atoms with Crippen molar-refractivity contribution in [2.75, 3.05) is 0 Å². The summed E-state index contributed by atoms with van der Waals surface area (Å²) in [5.74, 6) is -3.80. The van der Waals surface area contributed by atoms with Crippen molar-refractivity contribution >= 4 is 47.7 Å². The zero-order valence-corrected chi connectivity index (χ0v) is 26.3. The van der Waals surface area contributed by atoms with Crippen molar-refractivity contribution in [1.82, 2.24) is 15.3 Å². The van der Waals surface area contributed by atoms with Crippen LogP contribution in [0.5, 0.6) is 0 Å². The van der Waals surface area contributed by atoms with Gasteiger partial charge in [-0.15, -0.1) is 0 Å². The van der Waals surface area contributed by atoms with E-state index in [0.29, 0.717) is 55.8 Å². The van der Waals surface area contributed by atoms with Gasteiger partial charge in [0.25, 0.3) is 11.8 Å². The Morgan fingerprint density at radius 3 is 1.96 bits per heavy atom. The zero-order chi connectivity index (χ0) is 33.3. The summed E-state index contributed by atoms with van der Waals surface area (Å²) >= 11 is 0. The molecule has 5 N–H and O–H groups in total. The molecule has 4 rings (SSSR count). The van der Waals surface area contributed by atoms with Gasteiger partial charge in [0.1, 0.15) is 0 Å². The third-order valence-corrected chi connectivity index (χ3v) is 8.54. The lowest BCUT2D eigenvalue weighted by molar-refractivity contribution is -0.142. The van der Waals surface area contributed by atoms with E-state index < -0.39 is 23.8 Å². The molecule has 0 aliphatic carbocycles. The average molecular weight is 611 g/mol. The lowest BCUT2D eigenvalue weighted by atomic mass is 9.96. The van der Waals surface area contributed by atoms with Crippen LogP contribution in [-0.2, 0) is 32.0 Å². The number of aliphatic carboxylic acids is 2. The second kappa shape index (κ2) is 12.8. The van der Waals surface area contributed by atoms with Crippen LogP contribution in [0.3, 0.4) is 0 Å².